The van der Waals surface area contributed by atoms with Gasteiger partial charge in [-0.15, -0.1) is 0 Å². The summed E-state index contributed by atoms with van der Waals surface area (Å²) in [5.74, 6) is 5.05. The van der Waals surface area contributed by atoms with Gasteiger partial charge in [0, 0.05) is 30.7 Å². The zero-order chi connectivity index (χ0) is 19.1. The summed E-state index contributed by atoms with van der Waals surface area (Å²) in [7, 11) is 0. The van der Waals surface area contributed by atoms with Gasteiger partial charge in [0.05, 0.1) is 0 Å². The molecule has 27 heavy (non-hydrogen) atoms. The van der Waals surface area contributed by atoms with Crippen LogP contribution in [0, 0.1) is 11.8 Å². The van der Waals surface area contributed by atoms with E-state index in [4.69, 9.17) is 19.9 Å². The normalized spacial score (nSPS) is 22.1. The number of rotatable bonds is 6. The lowest BCUT2D eigenvalue weighted by Gasteiger charge is -2.29. The predicted molar refractivity (Wildman–Crippen MR) is 97.6 cm³/mol. The van der Waals surface area contributed by atoms with Crippen LogP contribution in [-0.2, 0) is 14.5 Å². The van der Waals surface area contributed by atoms with Crippen LogP contribution in [0.5, 0.6) is 0 Å². The lowest BCUT2D eigenvalue weighted by atomic mass is 9.87. The molecule has 1 aromatic carbocycles. The van der Waals surface area contributed by atoms with Crippen LogP contribution in [0.3, 0.4) is 0 Å². The molecule has 0 fully saturated rings. The Balaban J connectivity index is 1.57. The number of hydroxylamine groups is 2. The summed E-state index contributed by atoms with van der Waals surface area (Å²) in [6.45, 7) is -0.252. The molecule has 2 atom stereocenters. The lowest BCUT2D eigenvalue weighted by Crippen LogP contribution is -2.35. The van der Waals surface area contributed by atoms with Gasteiger partial charge in [0.15, 0.2) is 6.10 Å². The van der Waals surface area contributed by atoms with Gasteiger partial charge in [-0.2, -0.15) is 0 Å². The Kier molecular flexibility index (Phi) is 6.14. The number of aliphatic carboxylic acids is 1. The third-order valence-electron chi connectivity index (χ3n) is 4.40. The Hall–Kier alpha value is -2.79. The largest absolute Gasteiger partial charge is 0.479 e. The first kappa shape index (κ1) is 19.0. The fourth-order valence-electron chi connectivity index (χ4n) is 2.86. The van der Waals surface area contributed by atoms with Crippen molar-refractivity contribution in [2.24, 2.45) is 0 Å². The van der Waals surface area contributed by atoms with Crippen molar-refractivity contribution in [2.45, 2.75) is 37.4 Å². The quantitative estimate of drug-likeness (QED) is 0.446. The molecule has 0 saturated heterocycles. The zero-order valence-electron chi connectivity index (χ0n) is 14.8. The van der Waals surface area contributed by atoms with Crippen molar-refractivity contribution in [2.75, 3.05) is 6.61 Å². The van der Waals surface area contributed by atoms with Crippen molar-refractivity contribution in [3.8, 4) is 11.8 Å². The molecule has 2 aliphatic rings. The molecular weight excluding hydrogens is 348 g/mol. The maximum absolute atomic E-state index is 11.0. The van der Waals surface area contributed by atoms with Crippen molar-refractivity contribution in [3.63, 3.8) is 0 Å². The van der Waals surface area contributed by atoms with E-state index >= 15 is 0 Å². The van der Waals surface area contributed by atoms with Crippen LogP contribution in [-0.4, -0.2) is 34.5 Å². The van der Waals surface area contributed by atoms with Crippen LogP contribution < -0.4 is 11.0 Å². The van der Waals surface area contributed by atoms with Crippen molar-refractivity contribution in [1.82, 2.24) is 11.0 Å². The monoisotopic (exact) mass is 370 g/mol. The van der Waals surface area contributed by atoms with E-state index in [1.54, 1.807) is 0 Å². The summed E-state index contributed by atoms with van der Waals surface area (Å²) in [6.07, 6.45) is 4.81. The number of allylic oxidation sites excluding steroid dienone is 2. The maximum atomic E-state index is 11.0. The van der Waals surface area contributed by atoms with Crippen LogP contribution >= 0.6 is 0 Å². The van der Waals surface area contributed by atoms with E-state index in [0.717, 1.165) is 17.0 Å². The van der Waals surface area contributed by atoms with Crippen molar-refractivity contribution in [3.05, 3.63) is 59.4 Å². The summed E-state index contributed by atoms with van der Waals surface area (Å²) in [6, 6.07) is 9.72. The number of hydrogen-bond acceptors (Lipinski definition) is 6. The first-order valence-corrected chi connectivity index (χ1v) is 8.78. The van der Waals surface area contributed by atoms with E-state index in [1.807, 2.05) is 42.5 Å². The summed E-state index contributed by atoms with van der Waals surface area (Å²) in [4.78, 5) is 21.9. The minimum atomic E-state index is -1.11. The van der Waals surface area contributed by atoms with Gasteiger partial charge in [0.2, 0.25) is 0 Å². The highest BCUT2D eigenvalue weighted by Crippen LogP contribution is 2.34. The topological polar surface area (TPSA) is 100 Å². The number of nitrogens with one attached hydrogen (secondary N) is 2. The Morgan fingerprint density at radius 3 is 2.85 bits per heavy atom. The molecule has 1 heterocycles. The van der Waals surface area contributed by atoms with Crippen LogP contribution in [0.15, 0.2) is 53.9 Å². The molecule has 4 N–H and O–H groups in total. The van der Waals surface area contributed by atoms with Crippen molar-refractivity contribution >= 4 is 5.97 Å². The van der Waals surface area contributed by atoms with E-state index in [0.29, 0.717) is 19.3 Å². The molecule has 1 aromatic rings. The third kappa shape index (κ3) is 5.11. The smallest absolute Gasteiger partial charge is 0.335 e. The number of aliphatic hydroxyl groups is 1. The van der Waals surface area contributed by atoms with Gasteiger partial charge >= 0.3 is 5.97 Å². The Morgan fingerprint density at radius 2 is 2.19 bits per heavy atom. The number of carboxylic acids is 1. The molecule has 0 bridgehead atoms. The number of aliphatic hydroxyl groups excluding tert-OH is 1. The lowest BCUT2D eigenvalue weighted by molar-refractivity contribution is -0.156. The molecule has 1 spiro atoms. The molecule has 1 aliphatic carbocycles. The molecular formula is C20H22N2O5. The highest BCUT2D eigenvalue weighted by atomic mass is 16.7. The van der Waals surface area contributed by atoms with E-state index in [9.17, 15) is 4.79 Å². The van der Waals surface area contributed by atoms with Crippen molar-refractivity contribution in [1.29, 1.82) is 0 Å². The number of carbonyl (C=O) groups is 1. The number of carboxylic acid groups (broad SMARTS) is 1. The molecule has 0 radical (unpaired) electrons. The first-order valence-electron chi connectivity index (χ1n) is 8.78. The average molecular weight is 370 g/mol. The van der Waals surface area contributed by atoms with Crippen molar-refractivity contribution < 1.29 is 24.7 Å². The van der Waals surface area contributed by atoms with Gasteiger partial charge in [-0.1, -0.05) is 30.2 Å². The SMILES string of the molecule is O=C(O)C(CCO)ONC1=CCC2(C=C(C#Cc3ccccc3)NO2)CC1. The maximum Gasteiger partial charge on any atom is 0.335 e. The highest BCUT2D eigenvalue weighted by molar-refractivity contribution is 5.72. The van der Waals surface area contributed by atoms with E-state index in [2.05, 4.69) is 22.8 Å². The zero-order valence-corrected chi connectivity index (χ0v) is 14.8. The third-order valence-corrected chi connectivity index (χ3v) is 4.40. The molecule has 0 saturated carbocycles. The standard InChI is InChI=1S/C20H22N2O5/c23-13-10-18(19(24)25)26-21-16-8-11-20(12-9-16)14-17(22-27-20)7-6-15-4-2-1-3-5-15/h1-5,8,14,18,21-23H,9-13H2,(H,24,25). The second-order valence-corrected chi connectivity index (χ2v) is 6.44. The summed E-state index contributed by atoms with van der Waals surface area (Å²) >= 11 is 0. The molecule has 0 aromatic heterocycles. The molecule has 2 unspecified atom stereocenters. The van der Waals surface area contributed by atoms with Crippen LogP contribution in [0.25, 0.3) is 0 Å². The van der Waals surface area contributed by atoms with Crippen LogP contribution in [0.4, 0.5) is 0 Å². The summed E-state index contributed by atoms with van der Waals surface area (Å²) < 4.78 is 0. The predicted octanol–water partition coefficient (Wildman–Crippen LogP) is 1.62. The Morgan fingerprint density at radius 1 is 1.37 bits per heavy atom. The minimum absolute atomic E-state index is 0.0266. The van der Waals surface area contributed by atoms with E-state index in [1.165, 1.54) is 0 Å². The fraction of sp³-hybridized carbons (Fsp3) is 0.350. The van der Waals surface area contributed by atoms with Gasteiger partial charge in [0.1, 0.15) is 11.3 Å². The number of benzene rings is 1. The molecule has 1 aliphatic heterocycles. The Bertz CT molecular complexity index is 794. The Labute approximate surface area is 157 Å². The summed E-state index contributed by atoms with van der Waals surface area (Å²) in [5.41, 5.74) is 7.59. The molecule has 3 rings (SSSR count). The van der Waals surface area contributed by atoms with E-state index < -0.39 is 17.7 Å². The van der Waals surface area contributed by atoms with Crippen LogP contribution in [0.2, 0.25) is 0 Å². The molecule has 7 nitrogen and oxygen atoms in total. The second kappa shape index (κ2) is 8.73. The van der Waals surface area contributed by atoms with Gasteiger partial charge in [-0.3, -0.25) is 20.6 Å². The minimum Gasteiger partial charge on any atom is -0.479 e. The average Bonchev–Trinajstić information content (AvgIpc) is 3.08. The van der Waals surface area contributed by atoms with Gasteiger partial charge in [0.25, 0.3) is 0 Å². The first-order chi connectivity index (χ1) is 13.1. The fourth-order valence-corrected chi connectivity index (χ4v) is 2.86. The van der Waals surface area contributed by atoms with Gasteiger partial charge in [-0.05, 0) is 37.0 Å². The van der Waals surface area contributed by atoms with Gasteiger partial charge < -0.3 is 10.2 Å². The van der Waals surface area contributed by atoms with E-state index in [-0.39, 0.29) is 13.0 Å². The molecule has 142 valence electrons. The van der Waals surface area contributed by atoms with Crippen LogP contribution in [0.1, 0.15) is 31.2 Å². The molecule has 7 heteroatoms. The molecule has 0 amide bonds. The highest BCUT2D eigenvalue weighted by Gasteiger charge is 2.36. The number of hydrogen-bond donors (Lipinski definition) is 4. The summed E-state index contributed by atoms with van der Waals surface area (Å²) in [5, 5.41) is 17.9. The second-order valence-electron chi connectivity index (χ2n) is 6.44. The van der Waals surface area contributed by atoms with Gasteiger partial charge in [-0.25, -0.2) is 4.79 Å².